The molecule has 122 valence electrons. The third-order valence-corrected chi connectivity index (χ3v) is 4.10. The smallest absolute Gasteiger partial charge is 0.262 e. The fraction of sp³-hybridized carbons (Fsp3) is 0.188. The molecule has 3 N–H and O–H groups in total. The topological polar surface area (TPSA) is 73.6 Å². The summed E-state index contributed by atoms with van der Waals surface area (Å²) in [5, 5.41) is 2.73. The molecule has 0 aliphatic rings. The maximum atomic E-state index is 12.0. The molecular formula is C16H16Br2N2O3. The number of nitrogen functional groups attached to an aromatic ring is 1. The zero-order valence-corrected chi connectivity index (χ0v) is 15.8. The molecule has 1 amide bonds. The summed E-state index contributed by atoms with van der Waals surface area (Å²) < 4.78 is 12.4. The highest BCUT2D eigenvalue weighted by Crippen LogP contribution is 2.32. The molecule has 0 heterocycles. The third kappa shape index (κ3) is 4.62. The molecule has 0 fully saturated rings. The van der Waals surface area contributed by atoms with Gasteiger partial charge in [0.1, 0.15) is 11.5 Å². The number of benzene rings is 2. The van der Waals surface area contributed by atoms with Crippen molar-refractivity contribution in [2.24, 2.45) is 0 Å². The molecule has 0 aliphatic heterocycles. The summed E-state index contributed by atoms with van der Waals surface area (Å²) in [4.78, 5) is 12.0. The normalized spacial score (nSPS) is 10.3. The number of carbonyl (C=O) groups excluding carboxylic acids is 1. The summed E-state index contributed by atoms with van der Waals surface area (Å²) >= 11 is 6.83. The Bertz CT molecular complexity index is 712. The van der Waals surface area contributed by atoms with E-state index in [4.69, 9.17) is 15.2 Å². The van der Waals surface area contributed by atoms with E-state index in [-0.39, 0.29) is 12.5 Å². The van der Waals surface area contributed by atoms with E-state index in [2.05, 4.69) is 37.2 Å². The van der Waals surface area contributed by atoms with Crippen molar-refractivity contribution in [2.75, 3.05) is 24.8 Å². The Morgan fingerprint density at radius 1 is 1.26 bits per heavy atom. The molecule has 0 radical (unpaired) electrons. The molecular weight excluding hydrogens is 428 g/mol. The summed E-state index contributed by atoms with van der Waals surface area (Å²) in [5.41, 5.74) is 7.77. The van der Waals surface area contributed by atoms with Crippen LogP contribution in [0.3, 0.4) is 0 Å². The predicted molar refractivity (Wildman–Crippen MR) is 98.1 cm³/mol. The first-order valence-corrected chi connectivity index (χ1v) is 8.31. The van der Waals surface area contributed by atoms with Gasteiger partial charge in [0.15, 0.2) is 6.61 Å². The van der Waals surface area contributed by atoms with Crippen molar-refractivity contribution in [1.29, 1.82) is 0 Å². The Balaban J connectivity index is 1.99. The lowest BCUT2D eigenvalue weighted by Crippen LogP contribution is -2.20. The fourth-order valence-electron chi connectivity index (χ4n) is 2.02. The van der Waals surface area contributed by atoms with Crippen LogP contribution >= 0.6 is 31.9 Å². The summed E-state index contributed by atoms with van der Waals surface area (Å²) in [5.74, 6) is 0.926. The molecule has 0 aliphatic carbocycles. The van der Waals surface area contributed by atoms with Gasteiger partial charge in [0.05, 0.1) is 17.3 Å². The molecule has 0 atom stereocenters. The standard InChI is InChI=1S/C16H16Br2N2O3/c1-9-5-10(17)6-12(18)16(9)23-8-15(21)20-11-3-4-14(22-2)13(19)7-11/h3-7H,8,19H2,1-2H3,(H,20,21). The third-order valence-electron chi connectivity index (χ3n) is 3.06. The number of halogens is 2. The van der Waals surface area contributed by atoms with Gasteiger partial charge in [-0.15, -0.1) is 0 Å². The average molecular weight is 444 g/mol. The predicted octanol–water partition coefficient (Wildman–Crippen LogP) is 4.13. The van der Waals surface area contributed by atoms with E-state index in [1.807, 2.05) is 19.1 Å². The minimum Gasteiger partial charge on any atom is -0.495 e. The quantitative estimate of drug-likeness (QED) is 0.681. The van der Waals surface area contributed by atoms with E-state index < -0.39 is 0 Å². The van der Waals surface area contributed by atoms with Gasteiger partial charge < -0.3 is 20.5 Å². The monoisotopic (exact) mass is 442 g/mol. The molecule has 0 spiro atoms. The van der Waals surface area contributed by atoms with Gasteiger partial charge in [-0.1, -0.05) is 15.9 Å². The summed E-state index contributed by atoms with van der Waals surface area (Å²) in [6, 6.07) is 8.83. The van der Waals surface area contributed by atoms with E-state index in [1.165, 1.54) is 7.11 Å². The van der Waals surface area contributed by atoms with E-state index in [1.54, 1.807) is 18.2 Å². The number of carbonyl (C=O) groups is 1. The Hall–Kier alpha value is -1.73. The molecule has 0 unspecified atom stereocenters. The van der Waals surface area contributed by atoms with Crippen molar-refractivity contribution in [2.45, 2.75) is 6.92 Å². The largest absolute Gasteiger partial charge is 0.495 e. The van der Waals surface area contributed by atoms with Crippen molar-refractivity contribution < 1.29 is 14.3 Å². The lowest BCUT2D eigenvalue weighted by atomic mass is 10.2. The Kier molecular flexibility index (Phi) is 5.90. The Morgan fingerprint density at radius 3 is 2.61 bits per heavy atom. The number of hydrogen-bond donors (Lipinski definition) is 2. The van der Waals surface area contributed by atoms with Crippen LogP contribution < -0.4 is 20.5 Å². The lowest BCUT2D eigenvalue weighted by Gasteiger charge is -2.12. The van der Waals surface area contributed by atoms with Crippen molar-refractivity contribution >= 4 is 49.1 Å². The number of rotatable bonds is 5. The van der Waals surface area contributed by atoms with E-state index >= 15 is 0 Å². The zero-order valence-electron chi connectivity index (χ0n) is 12.7. The summed E-state index contributed by atoms with van der Waals surface area (Å²) in [7, 11) is 1.54. The number of hydrogen-bond acceptors (Lipinski definition) is 4. The van der Waals surface area contributed by atoms with Gasteiger partial charge in [0, 0.05) is 10.2 Å². The van der Waals surface area contributed by atoms with Crippen LogP contribution in [0.2, 0.25) is 0 Å². The number of nitrogens with one attached hydrogen (secondary N) is 1. The fourth-order valence-corrected chi connectivity index (χ4v) is 3.57. The first kappa shape index (κ1) is 17.6. The second-order valence-electron chi connectivity index (χ2n) is 4.83. The molecule has 0 saturated heterocycles. The SMILES string of the molecule is COc1ccc(NC(=O)COc2c(C)cc(Br)cc2Br)cc1N. The van der Waals surface area contributed by atoms with Crippen LogP contribution in [0.5, 0.6) is 11.5 Å². The molecule has 5 nitrogen and oxygen atoms in total. The van der Waals surface area contributed by atoms with Crippen molar-refractivity contribution in [3.05, 3.63) is 44.8 Å². The van der Waals surface area contributed by atoms with Crippen LogP contribution in [-0.2, 0) is 4.79 Å². The highest BCUT2D eigenvalue weighted by atomic mass is 79.9. The van der Waals surface area contributed by atoms with E-state index in [9.17, 15) is 4.79 Å². The molecule has 2 aromatic rings. The lowest BCUT2D eigenvalue weighted by molar-refractivity contribution is -0.118. The summed E-state index contributed by atoms with van der Waals surface area (Å²) in [6.07, 6.45) is 0. The summed E-state index contributed by atoms with van der Waals surface area (Å²) in [6.45, 7) is 1.81. The van der Waals surface area contributed by atoms with Crippen LogP contribution in [0.4, 0.5) is 11.4 Å². The first-order valence-electron chi connectivity index (χ1n) is 6.72. The molecule has 0 saturated carbocycles. The van der Waals surface area contributed by atoms with Crippen LogP contribution in [0.1, 0.15) is 5.56 Å². The maximum absolute atomic E-state index is 12.0. The second kappa shape index (κ2) is 7.70. The van der Waals surface area contributed by atoms with Crippen LogP contribution in [0, 0.1) is 6.92 Å². The van der Waals surface area contributed by atoms with Gasteiger partial charge in [0.25, 0.3) is 5.91 Å². The van der Waals surface area contributed by atoms with Gasteiger partial charge in [0.2, 0.25) is 0 Å². The molecule has 0 aromatic heterocycles. The molecule has 23 heavy (non-hydrogen) atoms. The van der Waals surface area contributed by atoms with Crippen LogP contribution in [0.15, 0.2) is 39.3 Å². The van der Waals surface area contributed by atoms with Gasteiger partial charge in [-0.2, -0.15) is 0 Å². The molecule has 7 heteroatoms. The number of ether oxygens (including phenoxy) is 2. The Labute approximate surface area is 151 Å². The van der Waals surface area contributed by atoms with Crippen molar-refractivity contribution in [1.82, 2.24) is 0 Å². The van der Waals surface area contributed by atoms with Crippen molar-refractivity contribution in [3.63, 3.8) is 0 Å². The van der Waals surface area contributed by atoms with Gasteiger partial charge in [-0.25, -0.2) is 0 Å². The highest BCUT2D eigenvalue weighted by molar-refractivity contribution is 9.11. The molecule has 2 rings (SSSR count). The van der Waals surface area contributed by atoms with Gasteiger partial charge in [-0.05, 0) is 58.7 Å². The average Bonchev–Trinajstić information content (AvgIpc) is 2.46. The molecule has 2 aromatic carbocycles. The zero-order chi connectivity index (χ0) is 17.0. The Morgan fingerprint density at radius 2 is 2.00 bits per heavy atom. The van der Waals surface area contributed by atoms with E-state index in [0.29, 0.717) is 22.9 Å². The first-order chi connectivity index (χ1) is 10.9. The second-order valence-corrected chi connectivity index (χ2v) is 6.60. The number of aryl methyl sites for hydroxylation is 1. The van der Waals surface area contributed by atoms with Crippen molar-refractivity contribution in [3.8, 4) is 11.5 Å². The highest BCUT2D eigenvalue weighted by Gasteiger charge is 2.10. The number of amides is 1. The van der Waals surface area contributed by atoms with Crippen LogP contribution in [-0.4, -0.2) is 19.6 Å². The minimum absolute atomic E-state index is 0.104. The number of anilines is 2. The van der Waals surface area contributed by atoms with Crippen LogP contribution in [0.25, 0.3) is 0 Å². The van der Waals surface area contributed by atoms with E-state index in [0.717, 1.165) is 14.5 Å². The number of methoxy groups -OCH3 is 1. The number of nitrogens with two attached hydrogens (primary N) is 1. The maximum Gasteiger partial charge on any atom is 0.262 e. The molecule has 0 bridgehead atoms. The minimum atomic E-state index is -0.274. The van der Waals surface area contributed by atoms with Gasteiger partial charge in [-0.3, -0.25) is 4.79 Å². The van der Waals surface area contributed by atoms with Gasteiger partial charge >= 0.3 is 0 Å².